The first-order valence-corrected chi connectivity index (χ1v) is 15.3. The second-order valence-corrected chi connectivity index (χ2v) is 11.5. The fraction of sp³-hybridized carbons (Fsp3) is 0.188. The number of halogens is 1. The van der Waals surface area contributed by atoms with Gasteiger partial charge in [0, 0.05) is 5.02 Å². The number of amides is 1. The number of nitrogens with one attached hydrogen (secondary N) is 1. The molecule has 0 saturated heterocycles. The van der Waals surface area contributed by atoms with Gasteiger partial charge >= 0.3 is 0 Å². The Morgan fingerprint density at radius 1 is 0.886 bits per heavy atom. The normalized spacial score (nSPS) is 11.2. The molecule has 44 heavy (non-hydrogen) atoms. The number of hydrogen-bond donors (Lipinski definition) is 1. The molecule has 12 heteroatoms. The van der Waals surface area contributed by atoms with Crippen LogP contribution < -0.4 is 28.7 Å². The van der Waals surface area contributed by atoms with E-state index in [1.807, 2.05) is 19.1 Å². The van der Waals surface area contributed by atoms with Crippen LogP contribution in [0.4, 0.5) is 5.69 Å². The first-order chi connectivity index (χ1) is 21.2. The van der Waals surface area contributed by atoms with Crippen molar-refractivity contribution in [3.63, 3.8) is 0 Å². The maximum atomic E-state index is 13.7. The number of sulfonamides is 1. The predicted molar refractivity (Wildman–Crippen MR) is 170 cm³/mol. The van der Waals surface area contributed by atoms with Crippen LogP contribution in [-0.4, -0.2) is 47.9 Å². The third kappa shape index (κ3) is 8.21. The fourth-order valence-corrected chi connectivity index (χ4v) is 5.65. The van der Waals surface area contributed by atoms with E-state index in [2.05, 4.69) is 10.5 Å². The minimum atomic E-state index is -4.18. The van der Waals surface area contributed by atoms with Crippen LogP contribution >= 0.6 is 11.6 Å². The number of carbonyl (C=O) groups excluding carboxylic acids is 1. The van der Waals surface area contributed by atoms with Crippen molar-refractivity contribution in [3.05, 3.63) is 107 Å². The van der Waals surface area contributed by atoms with E-state index >= 15 is 0 Å². The second kappa shape index (κ2) is 15.1. The van der Waals surface area contributed by atoms with E-state index in [1.54, 1.807) is 54.6 Å². The van der Waals surface area contributed by atoms with Gasteiger partial charge in [-0.25, -0.2) is 13.8 Å². The molecule has 0 aliphatic heterocycles. The molecule has 4 aromatic carbocycles. The van der Waals surface area contributed by atoms with E-state index in [4.69, 9.17) is 30.5 Å². The van der Waals surface area contributed by atoms with Crippen molar-refractivity contribution in [3.8, 4) is 23.0 Å². The zero-order valence-corrected chi connectivity index (χ0v) is 26.0. The molecule has 4 rings (SSSR count). The van der Waals surface area contributed by atoms with E-state index in [9.17, 15) is 13.2 Å². The molecule has 0 fully saturated rings. The summed E-state index contributed by atoms with van der Waals surface area (Å²) in [4.78, 5) is 13.0. The fourth-order valence-electron chi connectivity index (χ4n) is 4.09. The summed E-state index contributed by atoms with van der Waals surface area (Å²) in [7, 11) is -1.27. The van der Waals surface area contributed by atoms with Crippen LogP contribution in [0.25, 0.3) is 0 Å². The number of hydrazone groups is 1. The predicted octanol–water partition coefficient (Wildman–Crippen LogP) is 5.68. The molecule has 0 spiro atoms. The van der Waals surface area contributed by atoms with Crippen LogP contribution in [0.2, 0.25) is 5.02 Å². The van der Waals surface area contributed by atoms with Gasteiger partial charge in [0.25, 0.3) is 15.9 Å². The number of benzene rings is 4. The third-order valence-electron chi connectivity index (χ3n) is 6.27. The molecular formula is C32H32ClN3O7S. The van der Waals surface area contributed by atoms with Gasteiger partial charge in [0.05, 0.1) is 37.6 Å². The number of carbonyl (C=O) groups is 1. The Balaban J connectivity index is 1.49. The number of anilines is 1. The van der Waals surface area contributed by atoms with Crippen molar-refractivity contribution in [1.82, 2.24) is 5.43 Å². The summed E-state index contributed by atoms with van der Waals surface area (Å²) in [5, 5.41) is 4.68. The molecule has 0 aromatic heterocycles. The molecule has 0 aliphatic carbocycles. The van der Waals surface area contributed by atoms with Gasteiger partial charge < -0.3 is 18.9 Å². The Morgan fingerprint density at radius 2 is 1.61 bits per heavy atom. The van der Waals surface area contributed by atoms with Crippen LogP contribution in [0.3, 0.4) is 0 Å². The molecule has 4 aromatic rings. The number of nitrogens with zero attached hydrogens (tertiary/aromatic N) is 2. The smallest absolute Gasteiger partial charge is 0.264 e. The highest BCUT2D eigenvalue weighted by molar-refractivity contribution is 7.92. The highest BCUT2D eigenvalue weighted by atomic mass is 35.5. The van der Waals surface area contributed by atoms with Crippen molar-refractivity contribution < 1.29 is 32.2 Å². The lowest BCUT2D eigenvalue weighted by Crippen LogP contribution is -2.39. The average Bonchev–Trinajstić information content (AvgIpc) is 3.04. The van der Waals surface area contributed by atoms with Crippen LogP contribution in [-0.2, 0) is 21.4 Å². The van der Waals surface area contributed by atoms with Crippen LogP contribution in [0, 0.1) is 0 Å². The molecule has 0 bridgehead atoms. The monoisotopic (exact) mass is 637 g/mol. The highest BCUT2D eigenvalue weighted by Crippen LogP contribution is 2.33. The topological polar surface area (TPSA) is 116 Å². The summed E-state index contributed by atoms with van der Waals surface area (Å²) in [6, 6.07) is 25.0. The zero-order valence-electron chi connectivity index (χ0n) is 24.4. The molecule has 0 atom stereocenters. The lowest BCUT2D eigenvalue weighted by molar-refractivity contribution is -0.119. The van der Waals surface area contributed by atoms with E-state index in [-0.39, 0.29) is 16.3 Å². The van der Waals surface area contributed by atoms with Crippen molar-refractivity contribution in [2.24, 2.45) is 5.10 Å². The number of ether oxygens (including phenoxy) is 4. The maximum absolute atomic E-state index is 13.7. The summed E-state index contributed by atoms with van der Waals surface area (Å²) in [6.45, 7) is 2.03. The summed E-state index contributed by atoms with van der Waals surface area (Å²) in [5.74, 6) is 1.15. The summed E-state index contributed by atoms with van der Waals surface area (Å²) >= 11 is 5.96. The Morgan fingerprint density at radius 3 is 2.30 bits per heavy atom. The molecule has 230 valence electrons. The van der Waals surface area contributed by atoms with Crippen molar-refractivity contribution >= 4 is 39.4 Å². The van der Waals surface area contributed by atoms with Crippen molar-refractivity contribution in [1.29, 1.82) is 0 Å². The third-order valence-corrected chi connectivity index (χ3v) is 8.29. The lowest BCUT2D eigenvalue weighted by atomic mass is 10.2. The first kappa shape index (κ1) is 32.2. The molecule has 0 aliphatic rings. The standard InChI is InChI=1S/C32H32ClN3O7S/c1-4-42-31-19-24(11-18-30(31)43-22-23-9-12-25(33)13-10-23)20-34-35-32(37)21-36(28-7-5-6-8-29(28)41-3)44(38,39)27-16-14-26(40-2)15-17-27/h5-20H,4,21-22H2,1-3H3,(H,35,37)/b34-20-. The molecule has 0 radical (unpaired) electrons. The van der Waals surface area contributed by atoms with E-state index in [0.717, 1.165) is 9.87 Å². The summed E-state index contributed by atoms with van der Waals surface area (Å²) in [5.41, 5.74) is 4.17. The Hall–Kier alpha value is -4.74. The lowest BCUT2D eigenvalue weighted by Gasteiger charge is -2.25. The first-order valence-electron chi connectivity index (χ1n) is 13.5. The van der Waals surface area contributed by atoms with Gasteiger partial charge in [0.15, 0.2) is 11.5 Å². The quantitative estimate of drug-likeness (QED) is 0.140. The van der Waals surface area contributed by atoms with Gasteiger partial charge in [-0.05, 0) is 84.8 Å². The molecular weight excluding hydrogens is 606 g/mol. The number of rotatable bonds is 14. The number of hydrogen-bond acceptors (Lipinski definition) is 8. The molecule has 0 heterocycles. The Bertz CT molecular complexity index is 1700. The summed E-state index contributed by atoms with van der Waals surface area (Å²) in [6.07, 6.45) is 1.43. The van der Waals surface area contributed by atoms with Gasteiger partial charge in [-0.1, -0.05) is 35.9 Å². The van der Waals surface area contributed by atoms with Crippen LogP contribution in [0.15, 0.2) is 101 Å². The van der Waals surface area contributed by atoms with E-state index in [1.165, 1.54) is 44.7 Å². The minimum absolute atomic E-state index is 0.0256. The van der Waals surface area contributed by atoms with Crippen LogP contribution in [0.5, 0.6) is 23.0 Å². The van der Waals surface area contributed by atoms with Crippen molar-refractivity contribution in [2.45, 2.75) is 18.4 Å². The van der Waals surface area contributed by atoms with Crippen LogP contribution in [0.1, 0.15) is 18.1 Å². The Labute approximate surface area is 261 Å². The largest absolute Gasteiger partial charge is 0.497 e. The second-order valence-electron chi connectivity index (χ2n) is 9.21. The maximum Gasteiger partial charge on any atom is 0.264 e. The van der Waals surface area contributed by atoms with Crippen molar-refractivity contribution in [2.75, 3.05) is 31.7 Å². The van der Waals surface area contributed by atoms with E-state index in [0.29, 0.717) is 41.0 Å². The van der Waals surface area contributed by atoms with Gasteiger partial charge in [0.2, 0.25) is 0 Å². The van der Waals surface area contributed by atoms with Gasteiger partial charge in [-0.3, -0.25) is 9.10 Å². The molecule has 1 N–H and O–H groups in total. The van der Waals surface area contributed by atoms with Gasteiger partial charge in [-0.2, -0.15) is 5.10 Å². The zero-order chi connectivity index (χ0) is 31.5. The highest BCUT2D eigenvalue weighted by Gasteiger charge is 2.29. The number of methoxy groups -OCH3 is 2. The SMILES string of the molecule is CCOc1cc(/C=N\NC(=O)CN(c2ccccc2OC)S(=O)(=O)c2ccc(OC)cc2)ccc1OCc1ccc(Cl)cc1. The average molecular weight is 638 g/mol. The minimum Gasteiger partial charge on any atom is -0.497 e. The van der Waals surface area contributed by atoms with Gasteiger partial charge in [0.1, 0.15) is 24.7 Å². The molecule has 0 unspecified atom stereocenters. The van der Waals surface area contributed by atoms with E-state index < -0.39 is 22.5 Å². The van der Waals surface area contributed by atoms with Gasteiger partial charge in [-0.15, -0.1) is 0 Å². The molecule has 1 amide bonds. The molecule has 0 saturated carbocycles. The Kier molecular flexibility index (Phi) is 11.1. The molecule has 10 nitrogen and oxygen atoms in total. The summed E-state index contributed by atoms with van der Waals surface area (Å²) < 4.78 is 50.6. The number of para-hydroxylation sites is 2.